The molecule has 0 saturated carbocycles. The number of aromatic amines is 1. The van der Waals surface area contributed by atoms with Crippen LogP contribution >= 0.6 is 0 Å². The van der Waals surface area contributed by atoms with Gasteiger partial charge < -0.3 is 14.5 Å². The van der Waals surface area contributed by atoms with E-state index in [-0.39, 0.29) is 16.9 Å². The zero-order valence-electron chi connectivity index (χ0n) is 13.7. The van der Waals surface area contributed by atoms with Gasteiger partial charge in [-0.15, -0.1) is 0 Å². The number of fused-ring (bicyclic) bond motifs is 2. The number of benzene rings is 2. The second-order valence-electron chi connectivity index (χ2n) is 6.07. The van der Waals surface area contributed by atoms with E-state index in [9.17, 15) is 14.0 Å². The summed E-state index contributed by atoms with van der Waals surface area (Å²) >= 11 is 0. The number of halogens is 1. The number of para-hydroxylation sites is 2. The van der Waals surface area contributed by atoms with Crippen molar-refractivity contribution in [3.8, 4) is 11.5 Å². The molecule has 2 aromatic carbocycles. The van der Waals surface area contributed by atoms with E-state index >= 15 is 0 Å². The van der Waals surface area contributed by atoms with Crippen molar-refractivity contribution in [1.29, 1.82) is 0 Å². The van der Waals surface area contributed by atoms with Crippen molar-refractivity contribution in [3.05, 3.63) is 77.6 Å². The molecule has 2 aliphatic heterocycles. The smallest absolute Gasteiger partial charge is 0.262 e. The van der Waals surface area contributed by atoms with Crippen LogP contribution < -0.4 is 14.8 Å². The topological polar surface area (TPSA) is 80.4 Å². The summed E-state index contributed by atoms with van der Waals surface area (Å²) in [5.74, 6) is -0.585. The third-order valence-electron chi connectivity index (χ3n) is 4.45. The first kappa shape index (κ1) is 15.4. The van der Waals surface area contributed by atoms with Crippen molar-refractivity contribution in [2.24, 2.45) is 0 Å². The van der Waals surface area contributed by atoms with Gasteiger partial charge in [-0.25, -0.2) is 4.39 Å². The third-order valence-corrected chi connectivity index (χ3v) is 4.45. The first-order chi connectivity index (χ1) is 13.1. The van der Waals surface area contributed by atoms with E-state index < -0.39 is 17.6 Å². The molecule has 0 atom stereocenters. The number of aromatic nitrogens is 1. The molecule has 3 aromatic rings. The number of nitrogens with one attached hydrogen (secondary N) is 2. The highest BCUT2D eigenvalue weighted by molar-refractivity contribution is 6.38. The summed E-state index contributed by atoms with van der Waals surface area (Å²) in [5.41, 5.74) is 1.20. The molecule has 27 heavy (non-hydrogen) atoms. The van der Waals surface area contributed by atoms with Gasteiger partial charge in [0.1, 0.15) is 12.1 Å². The molecule has 0 unspecified atom stereocenters. The molecule has 0 aliphatic carbocycles. The molecule has 0 bridgehead atoms. The summed E-state index contributed by atoms with van der Waals surface area (Å²) < 4.78 is 25.0. The minimum atomic E-state index is -0.602. The predicted octanol–water partition coefficient (Wildman–Crippen LogP) is 3.03. The standard InChI is InChI=1S/C20H11FN2O4/c21-10-5-6-13-11(7-10)12(8-22-13)17-18(20(25)23-19(17)24)16-9-26-14-3-1-2-4-15(14)27-16/h1-9,22H,(H,23,24,25). The molecule has 6 nitrogen and oxygen atoms in total. The van der Waals surface area contributed by atoms with E-state index in [0.717, 1.165) is 0 Å². The van der Waals surface area contributed by atoms with Crippen molar-refractivity contribution in [3.63, 3.8) is 0 Å². The summed E-state index contributed by atoms with van der Waals surface area (Å²) in [5, 5.41) is 2.76. The molecule has 0 saturated heterocycles. The Kier molecular flexibility index (Phi) is 3.17. The molecule has 1 aromatic heterocycles. The lowest BCUT2D eigenvalue weighted by Crippen LogP contribution is -2.24. The SMILES string of the molecule is O=C1NC(=O)C(c2c[nH]c3ccc(F)cc23)=C1C1=COc2ccccc2O1. The van der Waals surface area contributed by atoms with Crippen LogP contribution in [0.2, 0.25) is 0 Å². The third kappa shape index (κ3) is 2.32. The highest BCUT2D eigenvalue weighted by atomic mass is 19.1. The fraction of sp³-hybridized carbons (Fsp3) is 0. The molecule has 2 N–H and O–H groups in total. The zero-order chi connectivity index (χ0) is 18.5. The first-order valence-electron chi connectivity index (χ1n) is 8.13. The molecule has 132 valence electrons. The molecule has 5 rings (SSSR count). The number of rotatable bonds is 2. The minimum Gasteiger partial charge on any atom is -0.457 e. The molecule has 0 radical (unpaired) electrons. The minimum absolute atomic E-state index is 0.0414. The fourth-order valence-electron chi connectivity index (χ4n) is 3.25. The van der Waals surface area contributed by atoms with E-state index in [1.54, 1.807) is 36.5 Å². The Labute approximate surface area is 151 Å². The summed E-state index contributed by atoms with van der Waals surface area (Å²) in [7, 11) is 0. The van der Waals surface area contributed by atoms with Gasteiger partial charge in [0.15, 0.2) is 17.3 Å². The number of ether oxygens (including phenoxy) is 2. The average molecular weight is 362 g/mol. The predicted molar refractivity (Wildman–Crippen MR) is 94.1 cm³/mol. The van der Waals surface area contributed by atoms with Crippen LogP contribution in [0.1, 0.15) is 5.56 Å². The molecule has 2 aliphatic rings. The van der Waals surface area contributed by atoms with E-state index in [4.69, 9.17) is 9.47 Å². The zero-order valence-corrected chi connectivity index (χ0v) is 13.7. The summed E-state index contributed by atoms with van der Waals surface area (Å²) in [6.45, 7) is 0. The lowest BCUT2D eigenvalue weighted by Gasteiger charge is -2.18. The van der Waals surface area contributed by atoms with Crippen molar-refractivity contribution < 1.29 is 23.5 Å². The summed E-state index contributed by atoms with van der Waals surface area (Å²) in [6, 6.07) is 11.2. The van der Waals surface area contributed by atoms with E-state index in [1.807, 2.05) is 0 Å². The molecule has 3 heterocycles. The summed E-state index contributed by atoms with van der Waals surface area (Å²) in [6.07, 6.45) is 2.85. The van der Waals surface area contributed by atoms with Gasteiger partial charge in [0, 0.05) is 22.7 Å². The van der Waals surface area contributed by atoms with Gasteiger partial charge in [-0.3, -0.25) is 14.9 Å². The Morgan fingerprint density at radius 1 is 0.926 bits per heavy atom. The quantitative estimate of drug-likeness (QED) is 0.687. The molecular weight excluding hydrogens is 351 g/mol. The number of amides is 2. The maximum Gasteiger partial charge on any atom is 0.262 e. The van der Waals surface area contributed by atoms with Crippen molar-refractivity contribution in [2.45, 2.75) is 0 Å². The van der Waals surface area contributed by atoms with Crippen molar-refractivity contribution in [2.75, 3.05) is 0 Å². The largest absolute Gasteiger partial charge is 0.457 e. The van der Waals surface area contributed by atoms with Gasteiger partial charge in [0.05, 0.1) is 11.1 Å². The van der Waals surface area contributed by atoms with Crippen LogP contribution in [0.25, 0.3) is 16.5 Å². The Morgan fingerprint density at radius 3 is 2.56 bits per heavy atom. The number of carbonyl (C=O) groups is 2. The Balaban J connectivity index is 1.69. The normalized spacial score (nSPS) is 16.0. The van der Waals surface area contributed by atoms with Crippen molar-refractivity contribution >= 4 is 28.3 Å². The summed E-state index contributed by atoms with van der Waals surface area (Å²) in [4.78, 5) is 27.9. The average Bonchev–Trinajstić information content (AvgIpc) is 3.20. The Morgan fingerprint density at radius 2 is 1.70 bits per heavy atom. The number of imide groups is 1. The monoisotopic (exact) mass is 362 g/mol. The Bertz CT molecular complexity index is 1210. The van der Waals surface area contributed by atoms with Crippen LogP contribution in [-0.4, -0.2) is 16.8 Å². The van der Waals surface area contributed by atoms with Gasteiger partial charge in [0.25, 0.3) is 11.8 Å². The van der Waals surface area contributed by atoms with E-state index in [0.29, 0.717) is 28.0 Å². The molecule has 0 fully saturated rings. The van der Waals surface area contributed by atoms with Gasteiger partial charge in [-0.1, -0.05) is 12.1 Å². The maximum atomic E-state index is 13.7. The lowest BCUT2D eigenvalue weighted by atomic mass is 9.99. The Hall–Kier alpha value is -3.87. The number of carbonyl (C=O) groups excluding carboxylic acids is 2. The van der Waals surface area contributed by atoms with Gasteiger partial charge in [-0.05, 0) is 30.3 Å². The highest BCUT2D eigenvalue weighted by Gasteiger charge is 2.37. The van der Waals surface area contributed by atoms with Crippen LogP contribution in [0.3, 0.4) is 0 Å². The number of H-pyrrole nitrogens is 1. The van der Waals surface area contributed by atoms with Crippen LogP contribution in [-0.2, 0) is 9.59 Å². The van der Waals surface area contributed by atoms with E-state index in [2.05, 4.69) is 10.3 Å². The van der Waals surface area contributed by atoms with Crippen LogP contribution in [0.15, 0.2) is 66.3 Å². The first-order valence-corrected chi connectivity index (χ1v) is 8.13. The van der Waals surface area contributed by atoms with Crippen LogP contribution in [0.4, 0.5) is 4.39 Å². The highest BCUT2D eigenvalue weighted by Crippen LogP contribution is 2.38. The lowest BCUT2D eigenvalue weighted by molar-refractivity contribution is -0.123. The van der Waals surface area contributed by atoms with E-state index in [1.165, 1.54) is 18.4 Å². The van der Waals surface area contributed by atoms with Gasteiger partial charge in [0.2, 0.25) is 0 Å². The second kappa shape index (κ2) is 5.57. The molecule has 0 spiro atoms. The number of hydrogen-bond donors (Lipinski definition) is 2. The number of hydrogen-bond acceptors (Lipinski definition) is 4. The second-order valence-corrected chi connectivity index (χ2v) is 6.07. The molecule has 2 amide bonds. The molecule has 7 heteroatoms. The van der Waals surface area contributed by atoms with Gasteiger partial charge >= 0.3 is 0 Å². The maximum absolute atomic E-state index is 13.7. The van der Waals surface area contributed by atoms with Gasteiger partial charge in [-0.2, -0.15) is 0 Å². The van der Waals surface area contributed by atoms with Crippen molar-refractivity contribution in [1.82, 2.24) is 10.3 Å². The molecular formula is C20H11FN2O4. The van der Waals surface area contributed by atoms with Crippen LogP contribution in [0.5, 0.6) is 11.5 Å². The van der Waals surface area contributed by atoms with Crippen LogP contribution in [0, 0.1) is 5.82 Å². The fourth-order valence-corrected chi connectivity index (χ4v) is 3.25.